The molecular formula is C21H32N2O3. The van der Waals surface area contributed by atoms with Gasteiger partial charge in [0, 0.05) is 45.4 Å². The van der Waals surface area contributed by atoms with E-state index in [-0.39, 0.29) is 17.6 Å². The quantitative estimate of drug-likeness (QED) is 0.877. The van der Waals surface area contributed by atoms with Crippen LogP contribution in [-0.4, -0.2) is 57.0 Å². The largest absolute Gasteiger partial charge is 0.381 e. The first-order valence-electron chi connectivity index (χ1n) is 9.85. The van der Waals surface area contributed by atoms with Crippen molar-refractivity contribution in [2.45, 2.75) is 50.5 Å². The van der Waals surface area contributed by atoms with Crippen LogP contribution in [0.2, 0.25) is 0 Å². The summed E-state index contributed by atoms with van der Waals surface area (Å²) in [5, 5.41) is 3.18. The summed E-state index contributed by atoms with van der Waals surface area (Å²) in [7, 11) is 1.86. The fourth-order valence-electron chi connectivity index (χ4n) is 4.19. The maximum atomic E-state index is 12.6. The average Bonchev–Trinajstić information content (AvgIpc) is 2.68. The molecule has 1 unspecified atom stereocenters. The van der Waals surface area contributed by atoms with Crippen molar-refractivity contribution >= 4 is 6.03 Å². The Kier molecular flexibility index (Phi) is 6.54. The van der Waals surface area contributed by atoms with Crippen LogP contribution in [0.4, 0.5) is 4.79 Å². The number of benzene rings is 1. The number of hydrogen-bond donors (Lipinski definition) is 1. The van der Waals surface area contributed by atoms with E-state index in [0.29, 0.717) is 13.1 Å². The van der Waals surface area contributed by atoms with Crippen LogP contribution in [0.25, 0.3) is 0 Å². The summed E-state index contributed by atoms with van der Waals surface area (Å²) >= 11 is 0. The van der Waals surface area contributed by atoms with Gasteiger partial charge in [-0.25, -0.2) is 4.79 Å². The smallest absolute Gasteiger partial charge is 0.317 e. The van der Waals surface area contributed by atoms with Gasteiger partial charge in [0.25, 0.3) is 0 Å². The van der Waals surface area contributed by atoms with Gasteiger partial charge in [0.15, 0.2) is 0 Å². The summed E-state index contributed by atoms with van der Waals surface area (Å²) in [6, 6.07) is 8.50. The summed E-state index contributed by atoms with van der Waals surface area (Å²) in [5.41, 5.74) is 2.58. The number of carbonyl (C=O) groups is 1. The molecule has 26 heavy (non-hydrogen) atoms. The van der Waals surface area contributed by atoms with Crippen LogP contribution in [-0.2, 0) is 14.9 Å². The molecule has 2 amide bonds. The zero-order valence-corrected chi connectivity index (χ0v) is 16.1. The van der Waals surface area contributed by atoms with E-state index in [9.17, 15) is 4.79 Å². The van der Waals surface area contributed by atoms with Gasteiger partial charge in [-0.05, 0) is 50.2 Å². The predicted octanol–water partition coefficient (Wildman–Crippen LogP) is 3.25. The molecule has 0 aromatic heterocycles. The van der Waals surface area contributed by atoms with E-state index in [4.69, 9.17) is 9.47 Å². The Hall–Kier alpha value is -1.59. The zero-order valence-electron chi connectivity index (χ0n) is 16.1. The Morgan fingerprint density at radius 2 is 2.00 bits per heavy atom. The SMILES string of the molecule is Cc1ccccc1C1(CNC(=O)N(C)CC2CCCCO2)CCOCC1. The molecule has 2 aliphatic heterocycles. The van der Waals surface area contributed by atoms with Gasteiger partial charge >= 0.3 is 6.03 Å². The number of hydrogen-bond acceptors (Lipinski definition) is 3. The minimum atomic E-state index is -0.0402. The Morgan fingerprint density at radius 3 is 2.69 bits per heavy atom. The van der Waals surface area contributed by atoms with Gasteiger partial charge < -0.3 is 19.7 Å². The molecule has 0 saturated carbocycles. The normalized spacial score (nSPS) is 22.6. The Morgan fingerprint density at radius 1 is 1.23 bits per heavy atom. The van der Waals surface area contributed by atoms with Crippen LogP contribution in [0, 0.1) is 6.92 Å². The number of nitrogens with one attached hydrogen (secondary N) is 1. The number of aryl methyl sites for hydroxylation is 1. The second-order valence-electron chi connectivity index (χ2n) is 7.74. The molecular weight excluding hydrogens is 328 g/mol. The van der Waals surface area contributed by atoms with E-state index in [1.165, 1.54) is 17.5 Å². The number of ether oxygens (including phenoxy) is 2. The molecule has 2 fully saturated rings. The molecule has 3 rings (SSSR count). The third-order valence-corrected chi connectivity index (χ3v) is 5.84. The third kappa shape index (κ3) is 4.57. The fraction of sp³-hybridized carbons (Fsp3) is 0.667. The van der Waals surface area contributed by atoms with Crippen molar-refractivity contribution in [2.75, 3.05) is 40.0 Å². The first-order valence-corrected chi connectivity index (χ1v) is 9.85. The van der Waals surface area contributed by atoms with Crippen molar-refractivity contribution in [1.82, 2.24) is 10.2 Å². The highest BCUT2D eigenvalue weighted by Gasteiger charge is 2.36. The van der Waals surface area contributed by atoms with Crippen molar-refractivity contribution < 1.29 is 14.3 Å². The van der Waals surface area contributed by atoms with E-state index < -0.39 is 0 Å². The molecule has 2 saturated heterocycles. The van der Waals surface area contributed by atoms with Crippen LogP contribution in [0.3, 0.4) is 0 Å². The molecule has 1 N–H and O–H groups in total. The monoisotopic (exact) mass is 360 g/mol. The Balaban J connectivity index is 1.62. The zero-order chi connectivity index (χ0) is 18.4. The number of urea groups is 1. The molecule has 1 aromatic carbocycles. The molecule has 0 radical (unpaired) electrons. The lowest BCUT2D eigenvalue weighted by Gasteiger charge is -2.39. The first-order chi connectivity index (χ1) is 12.6. The van der Waals surface area contributed by atoms with Crippen LogP contribution >= 0.6 is 0 Å². The molecule has 2 heterocycles. The molecule has 1 aromatic rings. The van der Waals surface area contributed by atoms with Gasteiger partial charge in [-0.3, -0.25) is 0 Å². The minimum Gasteiger partial charge on any atom is -0.381 e. The summed E-state index contributed by atoms with van der Waals surface area (Å²) in [6.45, 7) is 5.77. The highest BCUT2D eigenvalue weighted by Crippen LogP contribution is 2.36. The van der Waals surface area contributed by atoms with Crippen LogP contribution < -0.4 is 5.32 Å². The molecule has 0 spiro atoms. The molecule has 1 atom stereocenters. The van der Waals surface area contributed by atoms with Gasteiger partial charge in [0.05, 0.1) is 6.10 Å². The van der Waals surface area contributed by atoms with E-state index in [1.807, 2.05) is 7.05 Å². The number of carbonyl (C=O) groups excluding carboxylic acids is 1. The molecule has 5 heteroatoms. The van der Waals surface area contributed by atoms with Crippen LogP contribution in [0.5, 0.6) is 0 Å². The second-order valence-corrected chi connectivity index (χ2v) is 7.74. The van der Waals surface area contributed by atoms with E-state index in [1.54, 1.807) is 4.90 Å². The topological polar surface area (TPSA) is 50.8 Å². The van der Waals surface area contributed by atoms with E-state index in [2.05, 4.69) is 36.5 Å². The van der Waals surface area contributed by atoms with Crippen molar-refractivity contribution in [1.29, 1.82) is 0 Å². The average molecular weight is 360 g/mol. The number of likely N-dealkylation sites (N-methyl/N-ethyl adjacent to an activating group) is 1. The van der Waals surface area contributed by atoms with Crippen molar-refractivity contribution in [2.24, 2.45) is 0 Å². The molecule has 5 nitrogen and oxygen atoms in total. The highest BCUT2D eigenvalue weighted by molar-refractivity contribution is 5.74. The van der Waals surface area contributed by atoms with Crippen LogP contribution in [0.15, 0.2) is 24.3 Å². The van der Waals surface area contributed by atoms with E-state index >= 15 is 0 Å². The lowest BCUT2D eigenvalue weighted by Crippen LogP contribution is -2.49. The molecule has 2 aliphatic rings. The number of amides is 2. The van der Waals surface area contributed by atoms with Crippen molar-refractivity contribution in [3.63, 3.8) is 0 Å². The van der Waals surface area contributed by atoms with Gasteiger partial charge in [-0.2, -0.15) is 0 Å². The summed E-state index contributed by atoms with van der Waals surface area (Å²) in [6.07, 6.45) is 5.42. The Labute approximate surface area is 157 Å². The predicted molar refractivity (Wildman–Crippen MR) is 103 cm³/mol. The standard InChI is InChI=1S/C21H32N2O3/c1-17-7-3-4-9-19(17)21(10-13-25-14-11-21)16-22-20(24)23(2)15-18-8-5-6-12-26-18/h3-4,7,9,18H,5-6,8,10-16H2,1-2H3,(H,22,24). The highest BCUT2D eigenvalue weighted by atomic mass is 16.5. The van der Waals surface area contributed by atoms with Crippen LogP contribution in [0.1, 0.15) is 43.2 Å². The maximum absolute atomic E-state index is 12.6. The fourth-order valence-corrected chi connectivity index (χ4v) is 4.19. The second kappa shape index (κ2) is 8.87. The van der Waals surface area contributed by atoms with Gasteiger partial charge in [-0.1, -0.05) is 24.3 Å². The lowest BCUT2D eigenvalue weighted by atomic mass is 9.72. The molecule has 0 aliphatic carbocycles. The number of nitrogens with zero attached hydrogens (tertiary/aromatic N) is 1. The summed E-state index contributed by atoms with van der Waals surface area (Å²) < 4.78 is 11.4. The third-order valence-electron chi connectivity index (χ3n) is 5.84. The van der Waals surface area contributed by atoms with E-state index in [0.717, 1.165) is 45.5 Å². The summed E-state index contributed by atoms with van der Waals surface area (Å²) in [4.78, 5) is 14.4. The molecule has 0 bridgehead atoms. The van der Waals surface area contributed by atoms with Gasteiger partial charge in [0.2, 0.25) is 0 Å². The maximum Gasteiger partial charge on any atom is 0.317 e. The first kappa shape index (κ1) is 19.2. The molecule has 144 valence electrons. The van der Waals surface area contributed by atoms with Crippen molar-refractivity contribution in [3.05, 3.63) is 35.4 Å². The number of rotatable bonds is 5. The summed E-state index contributed by atoms with van der Waals surface area (Å²) in [5.74, 6) is 0. The lowest BCUT2D eigenvalue weighted by molar-refractivity contribution is 0.00356. The Bertz CT molecular complexity index is 593. The minimum absolute atomic E-state index is 0.0152. The van der Waals surface area contributed by atoms with Gasteiger partial charge in [0.1, 0.15) is 0 Å². The van der Waals surface area contributed by atoms with Gasteiger partial charge in [-0.15, -0.1) is 0 Å². The van der Waals surface area contributed by atoms with Crippen molar-refractivity contribution in [3.8, 4) is 0 Å².